The molecule has 2 unspecified atom stereocenters. The third-order valence-electron chi connectivity index (χ3n) is 3.70. The number of thiazole rings is 1. The molecule has 2 N–H and O–H groups in total. The fourth-order valence-electron chi connectivity index (χ4n) is 2.62. The lowest BCUT2D eigenvalue weighted by molar-refractivity contribution is 0.0748. The van der Waals surface area contributed by atoms with Gasteiger partial charge in [-0.15, -0.1) is 11.3 Å². The summed E-state index contributed by atoms with van der Waals surface area (Å²) < 4.78 is 5.30. The van der Waals surface area contributed by atoms with Gasteiger partial charge in [-0.2, -0.15) is 0 Å². The van der Waals surface area contributed by atoms with Gasteiger partial charge in [-0.05, 0) is 37.9 Å². The Labute approximate surface area is 121 Å². The largest absolute Gasteiger partial charge is 0.462 e. The molecule has 2 aromatic heterocycles. The van der Waals surface area contributed by atoms with E-state index in [1.54, 1.807) is 12.5 Å². The minimum Gasteiger partial charge on any atom is -0.462 e. The molecule has 0 spiro atoms. The van der Waals surface area contributed by atoms with Crippen molar-refractivity contribution < 1.29 is 9.21 Å². The number of hydrogen-bond acceptors (Lipinski definition) is 5. The monoisotopic (exact) mass is 291 g/mol. The zero-order chi connectivity index (χ0) is 14.1. The molecule has 0 radical (unpaired) electrons. The molecule has 0 aliphatic carbocycles. The van der Waals surface area contributed by atoms with Crippen molar-refractivity contribution >= 4 is 17.2 Å². The minimum atomic E-state index is 0.0451. The second-order valence-corrected chi connectivity index (χ2v) is 6.18. The first kappa shape index (κ1) is 13.3. The van der Waals surface area contributed by atoms with Crippen LogP contribution >= 0.6 is 11.3 Å². The number of nitrogens with two attached hydrogens (primary N) is 1. The number of furan rings is 1. The molecule has 3 rings (SSSR count). The molecule has 1 aliphatic heterocycles. The zero-order valence-electron chi connectivity index (χ0n) is 11.3. The van der Waals surface area contributed by atoms with E-state index in [9.17, 15) is 4.79 Å². The Morgan fingerprint density at radius 3 is 3.15 bits per heavy atom. The van der Waals surface area contributed by atoms with Crippen LogP contribution in [-0.2, 0) is 0 Å². The number of carbonyl (C=O) groups is 1. The molecule has 2 atom stereocenters. The minimum absolute atomic E-state index is 0.0451. The molecule has 106 valence electrons. The quantitative estimate of drug-likeness (QED) is 0.941. The molecule has 20 heavy (non-hydrogen) atoms. The van der Waals surface area contributed by atoms with Crippen molar-refractivity contribution in [1.82, 2.24) is 9.88 Å². The Hall–Kier alpha value is -1.66. The molecule has 6 heteroatoms. The lowest BCUT2D eigenvalue weighted by Crippen LogP contribution is -2.33. The second kappa shape index (κ2) is 5.38. The van der Waals surface area contributed by atoms with E-state index in [2.05, 4.69) is 11.9 Å². The topological polar surface area (TPSA) is 72.4 Å². The van der Waals surface area contributed by atoms with Gasteiger partial charge in [0.1, 0.15) is 4.88 Å². The zero-order valence-corrected chi connectivity index (χ0v) is 12.1. The number of hydrogen-bond donors (Lipinski definition) is 1. The van der Waals surface area contributed by atoms with E-state index in [0.29, 0.717) is 23.1 Å². The van der Waals surface area contributed by atoms with E-state index >= 15 is 0 Å². The smallest absolute Gasteiger partial charge is 0.265 e. The van der Waals surface area contributed by atoms with Gasteiger partial charge in [0.25, 0.3) is 5.91 Å². The van der Waals surface area contributed by atoms with Crippen molar-refractivity contribution in [2.75, 3.05) is 13.1 Å². The molecule has 2 aromatic rings. The average molecular weight is 291 g/mol. The fourth-order valence-corrected chi connectivity index (χ4v) is 3.47. The van der Waals surface area contributed by atoms with Gasteiger partial charge >= 0.3 is 0 Å². The van der Waals surface area contributed by atoms with Gasteiger partial charge in [0.05, 0.1) is 12.5 Å². The molecule has 1 amide bonds. The average Bonchev–Trinajstić information content (AvgIpc) is 3.17. The molecule has 3 heterocycles. The molecule has 5 nitrogen and oxygen atoms in total. The van der Waals surface area contributed by atoms with Crippen LogP contribution in [0.3, 0.4) is 0 Å². The molecule has 1 aliphatic rings. The molecular weight excluding hydrogens is 274 g/mol. The van der Waals surface area contributed by atoms with Gasteiger partial charge in [0, 0.05) is 12.6 Å². The highest BCUT2D eigenvalue weighted by atomic mass is 32.1. The van der Waals surface area contributed by atoms with E-state index in [-0.39, 0.29) is 11.9 Å². The molecule has 1 fully saturated rings. The lowest BCUT2D eigenvalue weighted by Gasteiger charge is -2.20. The Balaban J connectivity index is 1.78. The fraction of sp³-hybridized carbons (Fsp3) is 0.429. The van der Waals surface area contributed by atoms with Gasteiger partial charge in [-0.1, -0.05) is 0 Å². The van der Waals surface area contributed by atoms with Crippen molar-refractivity contribution in [2.45, 2.75) is 19.4 Å². The van der Waals surface area contributed by atoms with E-state index < -0.39 is 0 Å². The summed E-state index contributed by atoms with van der Waals surface area (Å²) >= 11 is 1.37. The predicted molar refractivity (Wildman–Crippen MR) is 77.5 cm³/mol. The van der Waals surface area contributed by atoms with Gasteiger partial charge in [0.2, 0.25) is 0 Å². The molecule has 1 saturated heterocycles. The maximum Gasteiger partial charge on any atom is 0.265 e. The van der Waals surface area contributed by atoms with Crippen molar-refractivity contribution in [3.63, 3.8) is 0 Å². The molecule has 0 saturated carbocycles. The highest BCUT2D eigenvalue weighted by molar-refractivity contribution is 7.16. The number of aromatic nitrogens is 1. The van der Waals surface area contributed by atoms with Crippen LogP contribution in [0.2, 0.25) is 0 Å². The summed E-state index contributed by atoms with van der Waals surface area (Å²) in [4.78, 5) is 19.3. The number of rotatable bonds is 3. The summed E-state index contributed by atoms with van der Waals surface area (Å²) in [5.74, 6) is 1.15. The van der Waals surface area contributed by atoms with E-state index in [4.69, 9.17) is 10.2 Å². The Morgan fingerprint density at radius 1 is 1.65 bits per heavy atom. The Morgan fingerprint density at radius 2 is 2.50 bits per heavy atom. The summed E-state index contributed by atoms with van der Waals surface area (Å²) in [7, 11) is 0. The van der Waals surface area contributed by atoms with E-state index in [1.165, 1.54) is 11.3 Å². The van der Waals surface area contributed by atoms with Crippen LogP contribution in [0, 0.1) is 5.92 Å². The molecular formula is C14H17N3O2S. The van der Waals surface area contributed by atoms with Crippen LogP contribution in [-0.4, -0.2) is 34.9 Å². The third kappa shape index (κ3) is 2.36. The van der Waals surface area contributed by atoms with Crippen molar-refractivity contribution in [2.24, 2.45) is 11.7 Å². The normalized spacial score (nSPS) is 22.4. The van der Waals surface area contributed by atoms with Crippen LogP contribution in [0.1, 0.15) is 23.0 Å². The summed E-state index contributed by atoms with van der Waals surface area (Å²) in [5.41, 5.74) is 5.71. The summed E-state index contributed by atoms with van der Waals surface area (Å²) in [5, 5.41) is 0.737. The van der Waals surface area contributed by atoms with E-state index in [0.717, 1.165) is 18.0 Å². The highest BCUT2D eigenvalue weighted by Crippen LogP contribution is 2.29. The van der Waals surface area contributed by atoms with Crippen molar-refractivity contribution in [1.29, 1.82) is 0 Å². The summed E-state index contributed by atoms with van der Waals surface area (Å²) in [6, 6.07) is 3.90. The maximum atomic E-state index is 12.5. The number of carbonyl (C=O) groups excluding carboxylic acids is 1. The molecule has 0 bridgehead atoms. The number of nitrogens with zero attached hydrogens (tertiary/aromatic N) is 2. The molecule has 0 aromatic carbocycles. The van der Waals surface area contributed by atoms with Gasteiger partial charge in [-0.3, -0.25) is 4.79 Å². The highest BCUT2D eigenvalue weighted by Gasteiger charge is 2.33. The van der Waals surface area contributed by atoms with Gasteiger partial charge < -0.3 is 15.1 Å². The third-order valence-corrected chi connectivity index (χ3v) is 4.70. The SMILES string of the molecule is CC1CC(CN)CN1C(=O)c1cnc(-c2ccco2)s1. The lowest BCUT2D eigenvalue weighted by atomic mass is 10.1. The van der Waals surface area contributed by atoms with Crippen LogP contribution in [0.5, 0.6) is 0 Å². The van der Waals surface area contributed by atoms with E-state index in [1.807, 2.05) is 17.0 Å². The summed E-state index contributed by atoms with van der Waals surface area (Å²) in [6.45, 7) is 3.45. The second-order valence-electron chi connectivity index (χ2n) is 5.15. The van der Waals surface area contributed by atoms with Gasteiger partial charge in [0.15, 0.2) is 10.8 Å². The predicted octanol–water partition coefficient (Wildman–Crippen LogP) is 2.21. The first-order valence-corrected chi connectivity index (χ1v) is 7.51. The standard InChI is InChI=1S/C14H17N3O2S/c1-9-5-10(6-15)8-17(9)14(18)12-7-16-13(20-12)11-3-2-4-19-11/h2-4,7,9-10H,5-6,8,15H2,1H3. The first-order valence-electron chi connectivity index (χ1n) is 6.69. The summed E-state index contributed by atoms with van der Waals surface area (Å²) in [6.07, 6.45) is 4.21. The van der Waals surface area contributed by atoms with Crippen LogP contribution in [0.15, 0.2) is 29.0 Å². The van der Waals surface area contributed by atoms with Crippen LogP contribution < -0.4 is 5.73 Å². The number of amides is 1. The van der Waals surface area contributed by atoms with Crippen molar-refractivity contribution in [3.8, 4) is 10.8 Å². The Bertz CT molecular complexity index is 593. The maximum absolute atomic E-state index is 12.5. The van der Waals surface area contributed by atoms with Crippen LogP contribution in [0.25, 0.3) is 10.8 Å². The first-order chi connectivity index (χ1) is 9.69. The Kier molecular flexibility index (Phi) is 3.58. The van der Waals surface area contributed by atoms with Gasteiger partial charge in [-0.25, -0.2) is 4.98 Å². The van der Waals surface area contributed by atoms with Crippen LogP contribution in [0.4, 0.5) is 0 Å². The van der Waals surface area contributed by atoms with Crippen molar-refractivity contribution in [3.05, 3.63) is 29.5 Å². The number of likely N-dealkylation sites (tertiary alicyclic amines) is 1.